The number of guanidine groups is 2. The van der Waals surface area contributed by atoms with Crippen molar-refractivity contribution in [3.63, 3.8) is 0 Å². The normalized spacial score (nSPS) is 11.2. The molecule has 0 aromatic heterocycles. The number of aliphatic imine (C=N–C) groups is 2. The minimum absolute atomic E-state index is 0.0741. The molecule has 0 atom stereocenters. The molecular formula is C14H15Cl2N5O3S. The van der Waals surface area contributed by atoms with E-state index in [0.29, 0.717) is 15.7 Å². The number of nitrogens with zero attached hydrogens (tertiary/aromatic N) is 2. The molecule has 11 heteroatoms. The molecule has 25 heavy (non-hydrogen) atoms. The maximum atomic E-state index is 10.4. The van der Waals surface area contributed by atoms with Crippen LogP contribution in [-0.2, 0) is 10.1 Å². The van der Waals surface area contributed by atoms with Gasteiger partial charge in [0.1, 0.15) is 0 Å². The average molecular weight is 404 g/mol. The summed E-state index contributed by atoms with van der Waals surface area (Å²) in [6.45, 7) is 0. The van der Waals surface area contributed by atoms with E-state index >= 15 is 0 Å². The number of benzene rings is 2. The lowest BCUT2D eigenvalue weighted by atomic mass is 10.3. The van der Waals surface area contributed by atoms with Gasteiger partial charge in [0.15, 0.2) is 5.96 Å². The standard InChI is InChI=1S/C8H9Cl2N5.C6H6O3S/c9-4-1-2-5(10)6(3-4)14-8(13)15-7(11)12;7-10(8,9)6-4-2-1-3-5-6/h1-3H,(H6,11,12,13,14,15);1-5H,(H,7,8,9). The second-order valence-corrected chi connectivity index (χ2v) is 6.66. The summed E-state index contributed by atoms with van der Waals surface area (Å²) in [5.74, 6) is -0.256. The molecule has 0 spiro atoms. The summed E-state index contributed by atoms with van der Waals surface area (Å²) in [5, 5.41) is 0.906. The Hall–Kier alpha value is -2.33. The van der Waals surface area contributed by atoms with E-state index in [0.717, 1.165) is 0 Å². The van der Waals surface area contributed by atoms with Gasteiger partial charge in [0.05, 0.1) is 15.6 Å². The number of halogens is 2. The fraction of sp³-hybridized carbons (Fsp3) is 0. The number of rotatable bonds is 2. The van der Waals surface area contributed by atoms with Gasteiger partial charge in [0.25, 0.3) is 10.1 Å². The largest absolute Gasteiger partial charge is 0.370 e. The SMILES string of the molecule is NC(N)=NC(N)=Nc1cc(Cl)ccc1Cl.O=S(=O)(O)c1ccccc1. The summed E-state index contributed by atoms with van der Waals surface area (Å²) in [6.07, 6.45) is 0. The van der Waals surface area contributed by atoms with E-state index in [9.17, 15) is 8.42 Å². The third kappa shape index (κ3) is 7.86. The quantitative estimate of drug-likeness (QED) is 0.341. The van der Waals surface area contributed by atoms with Gasteiger partial charge in [-0.2, -0.15) is 13.4 Å². The lowest BCUT2D eigenvalue weighted by Gasteiger charge is -1.99. The summed E-state index contributed by atoms with van der Waals surface area (Å²) in [4.78, 5) is 7.36. The second kappa shape index (κ2) is 9.23. The molecule has 8 nitrogen and oxygen atoms in total. The first-order chi connectivity index (χ1) is 11.6. The molecule has 0 fully saturated rings. The van der Waals surface area contributed by atoms with E-state index in [2.05, 4.69) is 9.98 Å². The van der Waals surface area contributed by atoms with Gasteiger partial charge in [-0.1, -0.05) is 41.4 Å². The molecule has 0 radical (unpaired) electrons. The van der Waals surface area contributed by atoms with Gasteiger partial charge < -0.3 is 17.2 Å². The molecule has 0 aliphatic carbocycles. The van der Waals surface area contributed by atoms with Crippen molar-refractivity contribution >= 4 is 50.9 Å². The van der Waals surface area contributed by atoms with Crippen molar-refractivity contribution in [2.24, 2.45) is 27.2 Å². The van der Waals surface area contributed by atoms with Gasteiger partial charge in [-0.25, -0.2) is 4.99 Å². The zero-order chi connectivity index (χ0) is 19.0. The molecular weight excluding hydrogens is 389 g/mol. The third-order valence-electron chi connectivity index (χ3n) is 2.43. The predicted molar refractivity (Wildman–Crippen MR) is 99.8 cm³/mol. The molecule has 2 rings (SSSR count). The Morgan fingerprint density at radius 3 is 2.08 bits per heavy atom. The summed E-state index contributed by atoms with van der Waals surface area (Å²) in [7, 11) is -4.00. The van der Waals surface area contributed by atoms with Crippen molar-refractivity contribution in [3.8, 4) is 0 Å². The minimum atomic E-state index is -4.00. The van der Waals surface area contributed by atoms with Crippen LogP contribution in [0.5, 0.6) is 0 Å². The minimum Gasteiger partial charge on any atom is -0.370 e. The third-order valence-corrected chi connectivity index (χ3v) is 3.85. The summed E-state index contributed by atoms with van der Waals surface area (Å²) in [5.41, 5.74) is 16.1. The molecule has 134 valence electrons. The van der Waals surface area contributed by atoms with Gasteiger partial charge in [0, 0.05) is 5.02 Å². The summed E-state index contributed by atoms with van der Waals surface area (Å²) in [6, 6.07) is 12.2. The predicted octanol–water partition coefficient (Wildman–Crippen LogP) is 2.15. The fourth-order valence-electron chi connectivity index (χ4n) is 1.44. The molecule has 0 heterocycles. The lowest BCUT2D eigenvalue weighted by molar-refractivity contribution is 0.483. The summed E-state index contributed by atoms with van der Waals surface area (Å²) < 4.78 is 29.2. The number of nitrogens with two attached hydrogens (primary N) is 3. The maximum Gasteiger partial charge on any atom is 0.294 e. The van der Waals surface area contributed by atoms with Crippen LogP contribution >= 0.6 is 23.2 Å². The Morgan fingerprint density at radius 2 is 1.60 bits per heavy atom. The Labute approximate surface area is 154 Å². The zero-order valence-corrected chi connectivity index (χ0v) is 15.0. The smallest absolute Gasteiger partial charge is 0.294 e. The van der Waals surface area contributed by atoms with Crippen LogP contribution < -0.4 is 17.2 Å². The molecule has 0 amide bonds. The van der Waals surface area contributed by atoms with Gasteiger partial charge in [-0.3, -0.25) is 4.55 Å². The molecule has 0 saturated carbocycles. The summed E-state index contributed by atoms with van der Waals surface area (Å²) >= 11 is 11.6. The van der Waals surface area contributed by atoms with Crippen LogP contribution in [0.25, 0.3) is 0 Å². The van der Waals surface area contributed by atoms with Gasteiger partial charge in [0.2, 0.25) is 5.96 Å². The molecule has 7 N–H and O–H groups in total. The first-order valence-corrected chi connectivity index (χ1v) is 8.70. The van der Waals surface area contributed by atoms with Crippen LogP contribution in [0, 0.1) is 0 Å². The fourth-order valence-corrected chi connectivity index (χ4v) is 2.27. The highest BCUT2D eigenvalue weighted by Gasteiger charge is 2.05. The van der Waals surface area contributed by atoms with Crippen molar-refractivity contribution in [2.75, 3.05) is 0 Å². The van der Waals surface area contributed by atoms with Crippen LogP contribution in [0.15, 0.2) is 63.4 Å². The van der Waals surface area contributed by atoms with E-state index in [-0.39, 0.29) is 16.8 Å². The molecule has 0 saturated heterocycles. The average Bonchev–Trinajstić information content (AvgIpc) is 2.51. The van der Waals surface area contributed by atoms with E-state index < -0.39 is 10.1 Å². The lowest BCUT2D eigenvalue weighted by Crippen LogP contribution is -2.26. The van der Waals surface area contributed by atoms with Crippen LogP contribution in [0.3, 0.4) is 0 Å². The number of hydrogen-bond acceptors (Lipinski definition) is 3. The maximum absolute atomic E-state index is 10.4. The molecule has 0 unspecified atom stereocenters. The van der Waals surface area contributed by atoms with E-state index in [1.165, 1.54) is 12.1 Å². The Morgan fingerprint density at radius 1 is 1.00 bits per heavy atom. The molecule has 0 aliphatic rings. The first-order valence-electron chi connectivity index (χ1n) is 6.51. The van der Waals surface area contributed by atoms with Crippen molar-refractivity contribution in [2.45, 2.75) is 4.90 Å². The highest BCUT2D eigenvalue weighted by atomic mass is 35.5. The van der Waals surface area contributed by atoms with Gasteiger partial charge >= 0.3 is 0 Å². The molecule has 0 bridgehead atoms. The van der Waals surface area contributed by atoms with E-state index in [4.69, 9.17) is 45.0 Å². The van der Waals surface area contributed by atoms with Gasteiger partial charge in [-0.05, 0) is 30.3 Å². The Balaban J connectivity index is 0.000000271. The number of hydrogen-bond donors (Lipinski definition) is 4. The van der Waals surface area contributed by atoms with Crippen LogP contribution in [0.4, 0.5) is 5.69 Å². The monoisotopic (exact) mass is 403 g/mol. The van der Waals surface area contributed by atoms with Crippen molar-refractivity contribution < 1.29 is 13.0 Å². The van der Waals surface area contributed by atoms with Crippen molar-refractivity contribution in [1.82, 2.24) is 0 Å². The van der Waals surface area contributed by atoms with Crippen molar-refractivity contribution in [1.29, 1.82) is 0 Å². The second-order valence-electron chi connectivity index (χ2n) is 4.39. The van der Waals surface area contributed by atoms with E-state index in [1.54, 1.807) is 36.4 Å². The molecule has 2 aromatic carbocycles. The van der Waals surface area contributed by atoms with Gasteiger partial charge in [-0.15, -0.1) is 0 Å². The topological polar surface area (TPSA) is 157 Å². The highest BCUT2D eigenvalue weighted by Crippen LogP contribution is 2.27. The van der Waals surface area contributed by atoms with Crippen LogP contribution in [-0.4, -0.2) is 24.9 Å². The molecule has 2 aromatic rings. The van der Waals surface area contributed by atoms with Crippen LogP contribution in [0.2, 0.25) is 10.0 Å². The van der Waals surface area contributed by atoms with E-state index in [1.807, 2.05) is 0 Å². The van der Waals surface area contributed by atoms with Crippen molar-refractivity contribution in [3.05, 3.63) is 58.6 Å². The Bertz CT molecular complexity index is 883. The first kappa shape index (κ1) is 20.7. The Kier molecular flexibility index (Phi) is 7.65. The highest BCUT2D eigenvalue weighted by molar-refractivity contribution is 7.85. The zero-order valence-electron chi connectivity index (χ0n) is 12.7. The van der Waals surface area contributed by atoms with Crippen LogP contribution in [0.1, 0.15) is 0 Å². The molecule has 0 aliphatic heterocycles.